The lowest BCUT2D eigenvalue weighted by molar-refractivity contribution is -0.161. The lowest BCUT2D eigenvalue weighted by Crippen LogP contribution is -2.46. The fourth-order valence-corrected chi connectivity index (χ4v) is 2.32. The van der Waals surface area contributed by atoms with Crippen molar-refractivity contribution in [3.8, 4) is 0 Å². The fraction of sp³-hybridized carbons (Fsp3) is 1.00. The van der Waals surface area contributed by atoms with Gasteiger partial charge >= 0.3 is 0 Å². The summed E-state index contributed by atoms with van der Waals surface area (Å²) in [7, 11) is 0. The molecule has 0 radical (unpaired) electrons. The molecule has 0 bridgehead atoms. The van der Waals surface area contributed by atoms with Gasteiger partial charge < -0.3 is 18.9 Å². The summed E-state index contributed by atoms with van der Waals surface area (Å²) in [6.07, 6.45) is -0.880. The summed E-state index contributed by atoms with van der Waals surface area (Å²) in [5, 5.41) is 3.52. The average molecular weight is 227 g/mol. The number of rotatable bonds is 2. The van der Waals surface area contributed by atoms with Crippen LogP contribution in [-0.2, 0) is 18.9 Å². The standard InChI is InChI=1S/C9H13N3O4/c1-9(2)15-5-4(3-11-12-10)13-8-7(14-8)6(5)16-9/h4-8H,3H2,1-2H3. The Hall–Kier alpha value is -0.850. The SMILES string of the molecule is CC1(C)OC2C(CN=[N+]=[N-])OC3OC3C2O1. The zero-order valence-corrected chi connectivity index (χ0v) is 9.07. The first kappa shape index (κ1) is 10.3. The van der Waals surface area contributed by atoms with E-state index in [-0.39, 0.29) is 37.3 Å². The van der Waals surface area contributed by atoms with Gasteiger partial charge in [-0.2, -0.15) is 0 Å². The van der Waals surface area contributed by atoms with Gasteiger partial charge in [0.15, 0.2) is 12.1 Å². The third-order valence-corrected chi connectivity index (χ3v) is 2.97. The van der Waals surface area contributed by atoms with Gasteiger partial charge in [0.2, 0.25) is 0 Å². The number of epoxide rings is 1. The second-order valence-electron chi connectivity index (χ2n) is 4.62. The quantitative estimate of drug-likeness (QED) is 0.304. The maximum atomic E-state index is 8.32. The molecule has 0 amide bonds. The second-order valence-corrected chi connectivity index (χ2v) is 4.62. The van der Waals surface area contributed by atoms with Crippen LogP contribution in [0.1, 0.15) is 13.8 Å². The maximum absolute atomic E-state index is 8.32. The van der Waals surface area contributed by atoms with Gasteiger partial charge in [0.05, 0.1) is 12.6 Å². The predicted molar refractivity (Wildman–Crippen MR) is 51.4 cm³/mol. The molecule has 0 saturated carbocycles. The van der Waals surface area contributed by atoms with E-state index in [1.54, 1.807) is 0 Å². The zero-order chi connectivity index (χ0) is 11.3. The first-order valence-corrected chi connectivity index (χ1v) is 5.28. The Labute approximate surface area is 92.2 Å². The van der Waals surface area contributed by atoms with Crippen molar-refractivity contribution in [1.29, 1.82) is 0 Å². The zero-order valence-electron chi connectivity index (χ0n) is 9.07. The Balaban J connectivity index is 1.78. The number of fused-ring (bicyclic) bond motifs is 3. The minimum absolute atomic E-state index is 0.0332. The van der Waals surface area contributed by atoms with Gasteiger partial charge in [-0.05, 0) is 19.4 Å². The number of hydrogen-bond acceptors (Lipinski definition) is 5. The molecule has 3 aliphatic heterocycles. The van der Waals surface area contributed by atoms with Crippen molar-refractivity contribution in [2.24, 2.45) is 5.11 Å². The van der Waals surface area contributed by atoms with E-state index in [4.69, 9.17) is 24.5 Å². The van der Waals surface area contributed by atoms with Gasteiger partial charge in [-0.25, -0.2) is 0 Å². The molecular weight excluding hydrogens is 214 g/mol. The van der Waals surface area contributed by atoms with Crippen molar-refractivity contribution in [1.82, 2.24) is 0 Å². The molecule has 7 heteroatoms. The van der Waals surface area contributed by atoms with E-state index in [1.807, 2.05) is 13.8 Å². The predicted octanol–water partition coefficient (Wildman–Crippen LogP) is 0.940. The molecule has 3 fully saturated rings. The molecule has 7 nitrogen and oxygen atoms in total. The van der Waals surface area contributed by atoms with Crippen molar-refractivity contribution >= 4 is 0 Å². The molecule has 3 rings (SSSR count). The van der Waals surface area contributed by atoms with Gasteiger partial charge in [0.25, 0.3) is 0 Å². The van der Waals surface area contributed by atoms with Gasteiger partial charge in [0, 0.05) is 4.91 Å². The minimum atomic E-state index is -0.631. The molecule has 3 aliphatic rings. The summed E-state index contributed by atoms with van der Waals surface area (Å²) in [6, 6.07) is 0. The number of ether oxygens (including phenoxy) is 4. The van der Waals surface area contributed by atoms with E-state index in [9.17, 15) is 0 Å². The van der Waals surface area contributed by atoms with Gasteiger partial charge in [-0.15, -0.1) is 0 Å². The topological polar surface area (TPSA) is 89.0 Å². The van der Waals surface area contributed by atoms with Crippen molar-refractivity contribution in [2.75, 3.05) is 6.54 Å². The van der Waals surface area contributed by atoms with Crippen LogP contribution in [0.15, 0.2) is 5.11 Å². The van der Waals surface area contributed by atoms with E-state index >= 15 is 0 Å². The maximum Gasteiger partial charge on any atom is 0.187 e. The highest BCUT2D eigenvalue weighted by Gasteiger charge is 2.62. The van der Waals surface area contributed by atoms with Crippen molar-refractivity contribution < 1.29 is 18.9 Å². The average Bonchev–Trinajstić information content (AvgIpc) is 2.91. The molecule has 0 N–H and O–H groups in total. The lowest BCUT2D eigenvalue weighted by Gasteiger charge is -2.27. The fourth-order valence-electron chi connectivity index (χ4n) is 2.32. The Kier molecular flexibility index (Phi) is 2.14. The Morgan fingerprint density at radius 3 is 2.69 bits per heavy atom. The molecule has 88 valence electrons. The van der Waals surface area contributed by atoms with Crippen LogP contribution in [0.5, 0.6) is 0 Å². The monoisotopic (exact) mass is 227 g/mol. The van der Waals surface area contributed by atoms with E-state index in [0.29, 0.717) is 0 Å². The molecule has 3 saturated heterocycles. The molecule has 3 heterocycles. The molecule has 5 unspecified atom stereocenters. The molecule has 5 atom stereocenters. The molecule has 0 aliphatic carbocycles. The first-order valence-electron chi connectivity index (χ1n) is 5.28. The first-order chi connectivity index (χ1) is 7.61. The summed E-state index contributed by atoms with van der Waals surface area (Å²) < 4.78 is 22.4. The highest BCUT2D eigenvalue weighted by molar-refractivity contribution is 5.03. The van der Waals surface area contributed by atoms with Crippen LogP contribution in [0.2, 0.25) is 0 Å². The number of hydrogen-bond donors (Lipinski definition) is 0. The Bertz CT molecular complexity index is 355. The summed E-state index contributed by atoms with van der Waals surface area (Å²) in [4.78, 5) is 2.73. The van der Waals surface area contributed by atoms with Crippen LogP contribution < -0.4 is 0 Å². The van der Waals surface area contributed by atoms with E-state index in [2.05, 4.69) is 10.0 Å². The normalized spacial score (nSPS) is 47.8. The minimum Gasteiger partial charge on any atom is -0.344 e. The molecule has 0 spiro atoms. The largest absolute Gasteiger partial charge is 0.344 e. The van der Waals surface area contributed by atoms with Gasteiger partial charge in [0.1, 0.15) is 18.3 Å². The van der Waals surface area contributed by atoms with Crippen LogP contribution in [0.25, 0.3) is 10.4 Å². The highest BCUT2D eigenvalue weighted by Crippen LogP contribution is 2.45. The lowest BCUT2D eigenvalue weighted by atomic mass is 10.0. The van der Waals surface area contributed by atoms with Crippen molar-refractivity contribution in [3.63, 3.8) is 0 Å². The number of azide groups is 1. The Morgan fingerprint density at radius 2 is 1.94 bits per heavy atom. The van der Waals surface area contributed by atoms with Crippen LogP contribution in [0, 0.1) is 0 Å². The smallest absolute Gasteiger partial charge is 0.187 e. The van der Waals surface area contributed by atoms with Crippen LogP contribution >= 0.6 is 0 Å². The second kappa shape index (κ2) is 3.32. The molecule has 16 heavy (non-hydrogen) atoms. The van der Waals surface area contributed by atoms with E-state index < -0.39 is 5.79 Å². The van der Waals surface area contributed by atoms with Crippen molar-refractivity contribution in [2.45, 2.75) is 50.3 Å². The van der Waals surface area contributed by atoms with E-state index in [0.717, 1.165) is 0 Å². The summed E-state index contributed by atoms with van der Waals surface area (Å²) in [5.41, 5.74) is 8.32. The van der Waals surface area contributed by atoms with Crippen molar-refractivity contribution in [3.05, 3.63) is 10.4 Å². The van der Waals surface area contributed by atoms with Crippen LogP contribution in [-0.4, -0.2) is 43.0 Å². The summed E-state index contributed by atoms with van der Waals surface area (Å²) in [6.45, 7) is 3.95. The molecular formula is C9H13N3O4. The van der Waals surface area contributed by atoms with Crippen LogP contribution in [0.4, 0.5) is 0 Å². The summed E-state index contributed by atoms with van der Waals surface area (Å²) >= 11 is 0. The highest BCUT2D eigenvalue weighted by atomic mass is 16.8. The van der Waals surface area contributed by atoms with Gasteiger partial charge in [-0.1, -0.05) is 5.11 Å². The molecule has 0 aromatic carbocycles. The van der Waals surface area contributed by atoms with Gasteiger partial charge in [-0.3, -0.25) is 0 Å². The van der Waals surface area contributed by atoms with Crippen LogP contribution in [0.3, 0.4) is 0 Å². The Morgan fingerprint density at radius 1 is 1.19 bits per heavy atom. The van der Waals surface area contributed by atoms with E-state index in [1.165, 1.54) is 0 Å². The number of nitrogens with zero attached hydrogens (tertiary/aromatic N) is 3. The molecule has 0 aromatic heterocycles. The summed E-state index contributed by atoms with van der Waals surface area (Å²) in [5.74, 6) is -0.631. The molecule has 0 aromatic rings. The third-order valence-electron chi connectivity index (χ3n) is 2.97. The third kappa shape index (κ3) is 1.57.